The predicted molar refractivity (Wildman–Crippen MR) is 69.9 cm³/mol. The van der Waals surface area contributed by atoms with Crippen molar-refractivity contribution >= 4 is 17.5 Å². The third-order valence-electron chi connectivity index (χ3n) is 3.11. The lowest BCUT2D eigenvalue weighted by molar-refractivity contribution is 0.0889. The molecule has 0 radical (unpaired) electrons. The van der Waals surface area contributed by atoms with Gasteiger partial charge in [0, 0.05) is 17.9 Å². The summed E-state index contributed by atoms with van der Waals surface area (Å²) in [6.07, 6.45) is 1.58. The second kappa shape index (κ2) is 5.24. The van der Waals surface area contributed by atoms with Crippen molar-refractivity contribution in [3.05, 3.63) is 28.5 Å². The maximum atomic E-state index is 12.2. The van der Waals surface area contributed by atoms with Gasteiger partial charge < -0.3 is 10.1 Å². The lowest BCUT2D eigenvalue weighted by atomic mass is 10.0. The lowest BCUT2D eigenvalue weighted by Gasteiger charge is -2.23. The second-order valence-electron chi connectivity index (χ2n) is 4.84. The highest BCUT2D eigenvalue weighted by molar-refractivity contribution is 6.29. The molecule has 0 bridgehead atoms. The highest BCUT2D eigenvalue weighted by atomic mass is 35.5. The van der Waals surface area contributed by atoms with E-state index in [0.29, 0.717) is 23.9 Å². The van der Waals surface area contributed by atoms with Crippen LogP contribution >= 0.6 is 11.6 Å². The zero-order valence-electron chi connectivity index (χ0n) is 10.6. The van der Waals surface area contributed by atoms with E-state index in [1.807, 2.05) is 13.8 Å². The number of nitrogens with zero attached hydrogens (tertiary/aromatic N) is 1. The van der Waals surface area contributed by atoms with Crippen LogP contribution in [0.15, 0.2) is 12.1 Å². The smallest absolute Gasteiger partial charge is 0.251 e. The Morgan fingerprint density at radius 3 is 3.00 bits per heavy atom. The van der Waals surface area contributed by atoms with Gasteiger partial charge in [-0.1, -0.05) is 18.5 Å². The van der Waals surface area contributed by atoms with Crippen molar-refractivity contribution in [1.29, 1.82) is 0 Å². The first-order chi connectivity index (χ1) is 8.52. The maximum absolute atomic E-state index is 12.2. The summed E-state index contributed by atoms with van der Waals surface area (Å²) in [7, 11) is 0. The van der Waals surface area contributed by atoms with E-state index >= 15 is 0 Å². The molecule has 1 atom stereocenters. The molecule has 2 heterocycles. The molecule has 4 nitrogen and oxygen atoms in total. The summed E-state index contributed by atoms with van der Waals surface area (Å²) in [5.41, 5.74) is 1.10. The molecule has 0 aliphatic carbocycles. The number of amides is 1. The first-order valence-corrected chi connectivity index (χ1v) is 6.47. The molecule has 5 heteroatoms. The summed E-state index contributed by atoms with van der Waals surface area (Å²) in [6, 6.07) is 3.37. The van der Waals surface area contributed by atoms with Crippen molar-refractivity contribution in [2.24, 2.45) is 0 Å². The Kier molecular flexibility index (Phi) is 3.88. The summed E-state index contributed by atoms with van der Waals surface area (Å²) >= 11 is 5.91. The van der Waals surface area contributed by atoms with Gasteiger partial charge in [-0.25, -0.2) is 4.98 Å². The van der Waals surface area contributed by atoms with Crippen molar-refractivity contribution < 1.29 is 9.53 Å². The standard InChI is InChI=1S/C13H17ClN2O2/c1-3-10-6-9(7-11(14)15-10)12(17)16-13(2)4-5-18-8-13/h6-7H,3-5,8H2,1-2H3,(H,16,17). The Morgan fingerprint density at radius 2 is 2.39 bits per heavy atom. The highest BCUT2D eigenvalue weighted by Crippen LogP contribution is 2.19. The van der Waals surface area contributed by atoms with Crippen LogP contribution in [0.2, 0.25) is 5.15 Å². The largest absolute Gasteiger partial charge is 0.379 e. The number of ether oxygens (including phenoxy) is 1. The van der Waals surface area contributed by atoms with Gasteiger partial charge in [-0.15, -0.1) is 0 Å². The zero-order valence-corrected chi connectivity index (χ0v) is 11.4. The van der Waals surface area contributed by atoms with Gasteiger partial charge >= 0.3 is 0 Å². The highest BCUT2D eigenvalue weighted by Gasteiger charge is 2.31. The first-order valence-electron chi connectivity index (χ1n) is 6.09. The molecule has 18 heavy (non-hydrogen) atoms. The molecule has 1 fully saturated rings. The van der Waals surface area contributed by atoms with Crippen LogP contribution in [0.3, 0.4) is 0 Å². The predicted octanol–water partition coefficient (Wildman–Crippen LogP) is 2.21. The number of halogens is 1. The summed E-state index contributed by atoms with van der Waals surface area (Å²) in [6.45, 7) is 5.21. The van der Waals surface area contributed by atoms with Crippen molar-refractivity contribution in [2.45, 2.75) is 32.2 Å². The number of pyridine rings is 1. The van der Waals surface area contributed by atoms with Crippen LogP contribution in [0.5, 0.6) is 0 Å². The molecule has 2 rings (SSSR count). The van der Waals surface area contributed by atoms with Crippen molar-refractivity contribution in [3.8, 4) is 0 Å². The number of aromatic nitrogens is 1. The number of hydrogen-bond donors (Lipinski definition) is 1. The van der Waals surface area contributed by atoms with Crippen LogP contribution in [-0.4, -0.2) is 29.6 Å². The maximum Gasteiger partial charge on any atom is 0.251 e. The second-order valence-corrected chi connectivity index (χ2v) is 5.23. The van der Waals surface area contributed by atoms with Crippen LogP contribution in [-0.2, 0) is 11.2 Å². The zero-order chi connectivity index (χ0) is 13.2. The van der Waals surface area contributed by atoms with E-state index in [1.54, 1.807) is 12.1 Å². The van der Waals surface area contributed by atoms with Gasteiger partial charge in [-0.2, -0.15) is 0 Å². The van der Waals surface area contributed by atoms with Gasteiger partial charge in [0.15, 0.2) is 0 Å². The topological polar surface area (TPSA) is 51.2 Å². The Balaban J connectivity index is 2.15. The Hall–Kier alpha value is -1.13. The molecule has 0 spiro atoms. The number of carbonyl (C=O) groups excluding carboxylic acids is 1. The number of hydrogen-bond acceptors (Lipinski definition) is 3. The van der Waals surface area contributed by atoms with E-state index in [2.05, 4.69) is 10.3 Å². The number of aryl methyl sites for hydroxylation is 1. The monoisotopic (exact) mass is 268 g/mol. The normalized spacial score (nSPS) is 23.1. The van der Waals surface area contributed by atoms with Crippen molar-refractivity contribution in [2.75, 3.05) is 13.2 Å². The molecule has 1 amide bonds. The van der Waals surface area contributed by atoms with E-state index in [1.165, 1.54) is 0 Å². The lowest BCUT2D eigenvalue weighted by Crippen LogP contribution is -2.46. The molecule has 1 saturated heterocycles. The molecule has 1 aromatic rings. The fourth-order valence-electron chi connectivity index (χ4n) is 1.98. The quantitative estimate of drug-likeness (QED) is 0.855. The molecule has 1 N–H and O–H groups in total. The summed E-state index contributed by atoms with van der Waals surface area (Å²) in [5.74, 6) is -0.123. The molecule has 1 aliphatic rings. The van der Waals surface area contributed by atoms with Crippen LogP contribution in [0, 0.1) is 0 Å². The van der Waals surface area contributed by atoms with Gasteiger partial charge in [0.2, 0.25) is 0 Å². The van der Waals surface area contributed by atoms with Crippen LogP contribution in [0.1, 0.15) is 36.3 Å². The van der Waals surface area contributed by atoms with E-state index in [0.717, 1.165) is 18.5 Å². The van der Waals surface area contributed by atoms with Gasteiger partial charge in [0.25, 0.3) is 5.91 Å². The van der Waals surface area contributed by atoms with Crippen molar-refractivity contribution in [3.63, 3.8) is 0 Å². The molecule has 0 aromatic carbocycles. The Bertz CT molecular complexity index is 456. The molecule has 1 aromatic heterocycles. The van der Waals surface area contributed by atoms with Gasteiger partial charge in [0.1, 0.15) is 5.15 Å². The van der Waals surface area contributed by atoms with E-state index < -0.39 is 0 Å². The van der Waals surface area contributed by atoms with Gasteiger partial charge in [-0.05, 0) is 31.9 Å². The fraction of sp³-hybridized carbons (Fsp3) is 0.538. The molecular formula is C13H17ClN2O2. The molecule has 1 aliphatic heterocycles. The van der Waals surface area contributed by atoms with E-state index in [-0.39, 0.29) is 11.4 Å². The number of carbonyl (C=O) groups is 1. The first kappa shape index (κ1) is 13.3. The third kappa shape index (κ3) is 3.00. The van der Waals surface area contributed by atoms with Gasteiger partial charge in [0.05, 0.1) is 12.1 Å². The van der Waals surface area contributed by atoms with Crippen LogP contribution in [0.25, 0.3) is 0 Å². The molecule has 1 unspecified atom stereocenters. The summed E-state index contributed by atoms with van der Waals surface area (Å²) < 4.78 is 5.31. The SMILES string of the molecule is CCc1cc(C(=O)NC2(C)CCOC2)cc(Cl)n1. The average Bonchev–Trinajstić information content (AvgIpc) is 2.74. The minimum atomic E-state index is -0.279. The van der Waals surface area contributed by atoms with E-state index in [4.69, 9.17) is 16.3 Å². The minimum absolute atomic E-state index is 0.123. The summed E-state index contributed by atoms with van der Waals surface area (Å²) in [4.78, 5) is 16.3. The fourth-order valence-corrected chi connectivity index (χ4v) is 2.20. The third-order valence-corrected chi connectivity index (χ3v) is 3.30. The Morgan fingerprint density at radius 1 is 1.61 bits per heavy atom. The summed E-state index contributed by atoms with van der Waals surface area (Å²) in [5, 5.41) is 3.35. The number of rotatable bonds is 3. The van der Waals surface area contributed by atoms with E-state index in [9.17, 15) is 4.79 Å². The van der Waals surface area contributed by atoms with Crippen LogP contribution < -0.4 is 5.32 Å². The van der Waals surface area contributed by atoms with Crippen LogP contribution in [0.4, 0.5) is 0 Å². The molecule has 0 saturated carbocycles. The molecular weight excluding hydrogens is 252 g/mol. The van der Waals surface area contributed by atoms with Crippen molar-refractivity contribution in [1.82, 2.24) is 10.3 Å². The molecule has 98 valence electrons. The van der Waals surface area contributed by atoms with Gasteiger partial charge in [-0.3, -0.25) is 4.79 Å². The average molecular weight is 269 g/mol. The minimum Gasteiger partial charge on any atom is -0.379 e. The number of nitrogens with one attached hydrogen (secondary N) is 1. The Labute approximate surface area is 112 Å².